The van der Waals surface area contributed by atoms with Crippen LogP contribution in [0, 0.1) is 0 Å². The Kier molecular flexibility index (Phi) is 4.89. The largest absolute Gasteiger partial charge is 0.474 e. The Labute approximate surface area is 120 Å². The summed E-state index contributed by atoms with van der Waals surface area (Å²) in [5, 5.41) is 6.57. The van der Waals surface area contributed by atoms with E-state index in [9.17, 15) is 13.2 Å². The highest BCUT2D eigenvalue weighted by molar-refractivity contribution is 5.95. The van der Waals surface area contributed by atoms with Crippen LogP contribution in [0.3, 0.4) is 0 Å². The third-order valence-electron chi connectivity index (χ3n) is 2.83. The van der Waals surface area contributed by atoms with Crippen molar-refractivity contribution in [3.8, 4) is 0 Å². The van der Waals surface area contributed by atoms with Gasteiger partial charge in [-0.25, -0.2) is 0 Å². The Bertz CT molecular complexity index is 518. The minimum absolute atomic E-state index is 0.00710. The van der Waals surface area contributed by atoms with Crippen LogP contribution < -0.4 is 10.7 Å². The fourth-order valence-electron chi connectivity index (χ4n) is 1.85. The summed E-state index contributed by atoms with van der Waals surface area (Å²) in [6, 6.07) is 3.94. The van der Waals surface area contributed by atoms with E-state index < -0.39 is 11.7 Å². The van der Waals surface area contributed by atoms with Crippen LogP contribution in [0.1, 0.15) is 11.1 Å². The molecule has 0 saturated heterocycles. The minimum Gasteiger partial charge on any atom is -0.474 e. The van der Waals surface area contributed by atoms with Crippen molar-refractivity contribution in [3.05, 3.63) is 29.3 Å². The summed E-state index contributed by atoms with van der Waals surface area (Å²) in [5.74, 6) is 0.162. The van der Waals surface area contributed by atoms with E-state index in [2.05, 4.69) is 15.8 Å². The molecule has 1 heterocycles. The van der Waals surface area contributed by atoms with Crippen LogP contribution in [0.5, 0.6) is 0 Å². The van der Waals surface area contributed by atoms with Crippen molar-refractivity contribution in [2.24, 2.45) is 5.10 Å². The molecule has 0 atom stereocenters. The minimum atomic E-state index is -4.46. The van der Waals surface area contributed by atoms with E-state index in [1.807, 2.05) is 0 Å². The maximum atomic E-state index is 13.1. The van der Waals surface area contributed by atoms with Crippen LogP contribution in [0.15, 0.2) is 23.3 Å². The zero-order valence-corrected chi connectivity index (χ0v) is 11.5. The molecule has 21 heavy (non-hydrogen) atoms. The number of hydrogen-bond donors (Lipinski definition) is 2. The van der Waals surface area contributed by atoms with E-state index in [0.29, 0.717) is 19.8 Å². The highest BCUT2D eigenvalue weighted by Crippen LogP contribution is 2.35. The first kappa shape index (κ1) is 15.4. The number of alkyl halides is 3. The number of anilines is 1. The van der Waals surface area contributed by atoms with Gasteiger partial charge in [-0.3, -0.25) is 0 Å². The summed E-state index contributed by atoms with van der Waals surface area (Å²) < 4.78 is 49.5. The fraction of sp³-hybridized carbons (Fsp3) is 0.462. The maximum absolute atomic E-state index is 13.1. The number of nitrogens with zero attached hydrogens (tertiary/aromatic N) is 1. The summed E-state index contributed by atoms with van der Waals surface area (Å²) in [6.45, 7) is 1.51. The van der Waals surface area contributed by atoms with Crippen LogP contribution in [0.25, 0.3) is 0 Å². The molecule has 2 rings (SSSR count). The van der Waals surface area contributed by atoms with E-state index in [-0.39, 0.29) is 23.7 Å². The highest BCUT2D eigenvalue weighted by Gasteiger charge is 2.34. The van der Waals surface area contributed by atoms with Crippen LogP contribution in [-0.4, -0.2) is 39.3 Å². The van der Waals surface area contributed by atoms with Crippen molar-refractivity contribution < 1.29 is 22.6 Å². The molecule has 8 heteroatoms. The summed E-state index contributed by atoms with van der Waals surface area (Å²) >= 11 is 0. The molecule has 0 fully saturated rings. The first-order valence-electron chi connectivity index (χ1n) is 6.40. The van der Waals surface area contributed by atoms with Gasteiger partial charge < -0.3 is 20.2 Å². The molecule has 2 N–H and O–H groups in total. The third kappa shape index (κ3) is 4.01. The van der Waals surface area contributed by atoms with Crippen LogP contribution in [-0.2, 0) is 15.7 Å². The van der Waals surface area contributed by atoms with Crippen molar-refractivity contribution in [2.45, 2.75) is 6.18 Å². The molecule has 0 radical (unpaired) electrons. The second kappa shape index (κ2) is 6.66. The number of halogens is 3. The lowest BCUT2D eigenvalue weighted by Crippen LogP contribution is -2.26. The van der Waals surface area contributed by atoms with E-state index >= 15 is 0 Å². The summed E-state index contributed by atoms with van der Waals surface area (Å²) in [4.78, 5) is 0. The Morgan fingerprint density at radius 1 is 1.43 bits per heavy atom. The summed E-state index contributed by atoms with van der Waals surface area (Å²) in [5.41, 5.74) is 2.23. The SMILES string of the molecule is COCCNc1ccc(C2=NNCCO2)cc1C(F)(F)F. The van der Waals surface area contributed by atoms with E-state index in [4.69, 9.17) is 9.47 Å². The van der Waals surface area contributed by atoms with Gasteiger partial charge in [0.1, 0.15) is 6.61 Å². The second-order valence-corrected chi connectivity index (χ2v) is 4.35. The molecule has 116 valence electrons. The molecule has 0 unspecified atom stereocenters. The second-order valence-electron chi connectivity index (χ2n) is 4.35. The Hall–Kier alpha value is -1.96. The lowest BCUT2D eigenvalue weighted by Gasteiger charge is -2.18. The number of hydrazone groups is 1. The normalized spacial score (nSPS) is 15.0. The van der Waals surface area contributed by atoms with E-state index in [1.54, 1.807) is 0 Å². The lowest BCUT2D eigenvalue weighted by atomic mass is 10.1. The molecule has 0 amide bonds. The van der Waals surface area contributed by atoms with Crippen molar-refractivity contribution in [3.63, 3.8) is 0 Å². The smallest absolute Gasteiger partial charge is 0.418 e. The molecule has 1 aliphatic heterocycles. The number of benzene rings is 1. The molecule has 0 aromatic heterocycles. The monoisotopic (exact) mass is 303 g/mol. The first-order valence-corrected chi connectivity index (χ1v) is 6.40. The highest BCUT2D eigenvalue weighted by atomic mass is 19.4. The molecular weight excluding hydrogens is 287 g/mol. The molecule has 0 aliphatic carbocycles. The van der Waals surface area contributed by atoms with Gasteiger partial charge in [0.05, 0.1) is 18.7 Å². The van der Waals surface area contributed by atoms with E-state index in [0.717, 1.165) is 6.07 Å². The average Bonchev–Trinajstić information content (AvgIpc) is 2.47. The number of methoxy groups -OCH3 is 1. The first-order chi connectivity index (χ1) is 10.0. The Balaban J connectivity index is 2.28. The molecule has 5 nitrogen and oxygen atoms in total. The van der Waals surface area contributed by atoms with Crippen molar-refractivity contribution in [1.29, 1.82) is 0 Å². The van der Waals surface area contributed by atoms with Gasteiger partial charge in [-0.2, -0.15) is 13.2 Å². The number of rotatable bonds is 5. The van der Waals surface area contributed by atoms with Crippen LogP contribution in [0.4, 0.5) is 18.9 Å². The molecule has 0 spiro atoms. The molecular formula is C13H16F3N3O2. The maximum Gasteiger partial charge on any atom is 0.418 e. The summed E-state index contributed by atoms with van der Waals surface area (Å²) in [6.07, 6.45) is -4.46. The Morgan fingerprint density at radius 2 is 2.24 bits per heavy atom. The van der Waals surface area contributed by atoms with Gasteiger partial charge in [-0.1, -0.05) is 0 Å². The third-order valence-corrected chi connectivity index (χ3v) is 2.83. The van der Waals surface area contributed by atoms with Gasteiger partial charge in [0.25, 0.3) is 0 Å². The van der Waals surface area contributed by atoms with Gasteiger partial charge >= 0.3 is 6.18 Å². The lowest BCUT2D eigenvalue weighted by molar-refractivity contribution is -0.137. The predicted molar refractivity (Wildman–Crippen MR) is 72.3 cm³/mol. The van der Waals surface area contributed by atoms with Gasteiger partial charge in [-0.05, 0) is 18.2 Å². The molecule has 0 saturated carbocycles. The van der Waals surface area contributed by atoms with Gasteiger partial charge in [-0.15, -0.1) is 5.10 Å². The van der Waals surface area contributed by atoms with Crippen LogP contribution in [0.2, 0.25) is 0 Å². The number of ether oxygens (including phenoxy) is 2. The van der Waals surface area contributed by atoms with E-state index in [1.165, 1.54) is 19.2 Å². The number of hydrogen-bond acceptors (Lipinski definition) is 5. The summed E-state index contributed by atoms with van der Waals surface area (Å²) in [7, 11) is 1.49. The van der Waals surface area contributed by atoms with Gasteiger partial charge in [0.2, 0.25) is 5.90 Å². The quantitative estimate of drug-likeness (QED) is 0.818. The zero-order chi connectivity index (χ0) is 15.3. The fourth-order valence-corrected chi connectivity index (χ4v) is 1.85. The molecule has 1 aliphatic rings. The van der Waals surface area contributed by atoms with Gasteiger partial charge in [0.15, 0.2) is 0 Å². The molecule has 1 aromatic carbocycles. The number of nitrogens with one attached hydrogen (secondary N) is 2. The van der Waals surface area contributed by atoms with Crippen molar-refractivity contribution >= 4 is 11.6 Å². The predicted octanol–water partition coefficient (Wildman–Crippen LogP) is 2.05. The Morgan fingerprint density at radius 3 is 2.86 bits per heavy atom. The topological polar surface area (TPSA) is 54.9 Å². The van der Waals surface area contributed by atoms with Crippen LogP contribution >= 0.6 is 0 Å². The van der Waals surface area contributed by atoms with Crippen molar-refractivity contribution in [2.75, 3.05) is 38.7 Å². The van der Waals surface area contributed by atoms with Crippen molar-refractivity contribution in [1.82, 2.24) is 5.43 Å². The molecule has 1 aromatic rings. The molecule has 0 bridgehead atoms. The average molecular weight is 303 g/mol. The standard InChI is InChI=1S/C13H16F3N3O2/c1-20-6-4-17-11-3-2-9(8-10(11)13(14,15)16)12-19-18-5-7-21-12/h2-3,8,17-18H,4-7H2,1H3. The van der Waals surface area contributed by atoms with Gasteiger partial charge in [0, 0.05) is 24.9 Å². The zero-order valence-electron chi connectivity index (χ0n) is 11.5.